The lowest BCUT2D eigenvalue weighted by atomic mass is 10.0. The van der Waals surface area contributed by atoms with Crippen molar-refractivity contribution < 1.29 is 4.74 Å². The van der Waals surface area contributed by atoms with Crippen LogP contribution in [-0.4, -0.2) is 36.1 Å². The highest BCUT2D eigenvalue weighted by Gasteiger charge is 2.30. The van der Waals surface area contributed by atoms with E-state index >= 15 is 0 Å². The fraction of sp³-hybridized carbons (Fsp3) is 0.500. The smallest absolute Gasteiger partial charge is 0.141 e. The topological polar surface area (TPSA) is 75.2 Å². The summed E-state index contributed by atoms with van der Waals surface area (Å²) < 4.78 is 5.48. The first-order valence-corrected chi connectivity index (χ1v) is 5.66. The molecule has 92 valence electrons. The van der Waals surface area contributed by atoms with Crippen LogP contribution in [0.2, 0.25) is 0 Å². The molecule has 1 aromatic heterocycles. The molecule has 0 radical (unpaired) electrons. The standard InChI is InChI=1S/C12H18N4O/c1-12(2)8-17-6-5-16(12)9-3-4-10(11(13)14)15-7-9/h3-4,7H,5-6,8H2,1-2H3,(H3,13,14). The number of aromatic nitrogens is 1. The Bertz CT molecular complexity index is 413. The maximum Gasteiger partial charge on any atom is 0.141 e. The van der Waals surface area contributed by atoms with Gasteiger partial charge < -0.3 is 15.4 Å². The highest BCUT2D eigenvalue weighted by atomic mass is 16.5. The van der Waals surface area contributed by atoms with Crippen molar-refractivity contribution >= 4 is 11.5 Å². The Morgan fingerprint density at radius 2 is 2.29 bits per heavy atom. The summed E-state index contributed by atoms with van der Waals surface area (Å²) in [4.78, 5) is 6.46. The second kappa shape index (κ2) is 4.33. The van der Waals surface area contributed by atoms with Gasteiger partial charge in [0.1, 0.15) is 11.5 Å². The van der Waals surface area contributed by atoms with Crippen molar-refractivity contribution in [3.63, 3.8) is 0 Å². The molecule has 1 saturated heterocycles. The zero-order chi connectivity index (χ0) is 12.5. The quantitative estimate of drug-likeness (QED) is 0.591. The maximum absolute atomic E-state index is 7.31. The first-order chi connectivity index (χ1) is 8.00. The van der Waals surface area contributed by atoms with E-state index in [9.17, 15) is 0 Å². The number of nitrogens with two attached hydrogens (primary N) is 1. The molecule has 1 fully saturated rings. The lowest BCUT2D eigenvalue weighted by Crippen LogP contribution is -2.53. The number of anilines is 1. The Hall–Kier alpha value is -1.62. The molecule has 0 aliphatic carbocycles. The molecule has 1 aliphatic heterocycles. The van der Waals surface area contributed by atoms with E-state index in [-0.39, 0.29) is 11.4 Å². The highest BCUT2D eigenvalue weighted by Crippen LogP contribution is 2.26. The van der Waals surface area contributed by atoms with Crippen LogP contribution in [0.4, 0.5) is 5.69 Å². The first kappa shape index (κ1) is 11.9. The summed E-state index contributed by atoms with van der Waals surface area (Å²) in [6.45, 7) is 6.59. The number of nitrogens with zero attached hydrogens (tertiary/aromatic N) is 2. The monoisotopic (exact) mass is 234 g/mol. The lowest BCUT2D eigenvalue weighted by molar-refractivity contribution is 0.0643. The van der Waals surface area contributed by atoms with Crippen LogP contribution in [0.5, 0.6) is 0 Å². The molecule has 0 amide bonds. The molecule has 1 aliphatic rings. The van der Waals surface area contributed by atoms with Gasteiger partial charge in [0.2, 0.25) is 0 Å². The number of hydrogen-bond acceptors (Lipinski definition) is 4. The van der Waals surface area contributed by atoms with Crippen molar-refractivity contribution in [2.75, 3.05) is 24.7 Å². The van der Waals surface area contributed by atoms with E-state index in [1.165, 1.54) is 0 Å². The van der Waals surface area contributed by atoms with Crippen molar-refractivity contribution in [3.05, 3.63) is 24.0 Å². The van der Waals surface area contributed by atoms with Gasteiger partial charge >= 0.3 is 0 Å². The Balaban J connectivity index is 2.24. The van der Waals surface area contributed by atoms with Gasteiger partial charge in [-0.25, -0.2) is 0 Å². The number of rotatable bonds is 2. The summed E-state index contributed by atoms with van der Waals surface area (Å²) in [5, 5.41) is 7.31. The summed E-state index contributed by atoms with van der Waals surface area (Å²) in [7, 11) is 0. The van der Waals surface area contributed by atoms with E-state index in [4.69, 9.17) is 15.9 Å². The molecule has 0 saturated carbocycles. The van der Waals surface area contributed by atoms with Crippen LogP contribution in [0, 0.1) is 5.41 Å². The zero-order valence-electron chi connectivity index (χ0n) is 10.2. The van der Waals surface area contributed by atoms with Crippen LogP contribution in [0.15, 0.2) is 18.3 Å². The number of hydrogen-bond donors (Lipinski definition) is 2. The molecule has 2 heterocycles. The van der Waals surface area contributed by atoms with Crippen molar-refractivity contribution in [2.24, 2.45) is 5.73 Å². The van der Waals surface area contributed by atoms with Crippen molar-refractivity contribution in [1.82, 2.24) is 4.98 Å². The molecule has 0 aromatic carbocycles. The molecular weight excluding hydrogens is 216 g/mol. The normalized spacial score (nSPS) is 19.1. The minimum atomic E-state index is -0.0301. The zero-order valence-corrected chi connectivity index (χ0v) is 10.2. The molecule has 2 rings (SSSR count). The molecule has 0 spiro atoms. The van der Waals surface area contributed by atoms with Gasteiger partial charge in [0.25, 0.3) is 0 Å². The number of nitrogens with one attached hydrogen (secondary N) is 1. The summed E-state index contributed by atoms with van der Waals surface area (Å²) in [5.74, 6) is -0.00205. The molecule has 3 N–H and O–H groups in total. The summed E-state index contributed by atoms with van der Waals surface area (Å²) in [6, 6.07) is 3.74. The molecule has 0 bridgehead atoms. The first-order valence-electron chi connectivity index (χ1n) is 5.66. The molecular formula is C12H18N4O. The molecule has 5 heteroatoms. The van der Waals surface area contributed by atoms with Crippen molar-refractivity contribution in [1.29, 1.82) is 5.41 Å². The van der Waals surface area contributed by atoms with E-state index in [1.54, 1.807) is 12.3 Å². The molecule has 5 nitrogen and oxygen atoms in total. The largest absolute Gasteiger partial charge is 0.382 e. The van der Waals surface area contributed by atoms with Gasteiger partial charge in [-0.1, -0.05) is 0 Å². The third kappa shape index (κ3) is 2.39. The summed E-state index contributed by atoms with van der Waals surface area (Å²) in [5.41, 5.74) is 6.91. The van der Waals surface area contributed by atoms with Crippen molar-refractivity contribution in [2.45, 2.75) is 19.4 Å². The van der Waals surface area contributed by atoms with Gasteiger partial charge in [0.05, 0.1) is 30.6 Å². The average molecular weight is 234 g/mol. The van der Waals surface area contributed by atoms with Crippen LogP contribution < -0.4 is 10.6 Å². The molecule has 1 aromatic rings. The third-order valence-corrected chi connectivity index (χ3v) is 2.98. The Morgan fingerprint density at radius 1 is 1.53 bits per heavy atom. The predicted molar refractivity (Wildman–Crippen MR) is 67.5 cm³/mol. The Kier molecular flexibility index (Phi) is 3.02. The van der Waals surface area contributed by atoms with Crippen molar-refractivity contribution in [3.8, 4) is 0 Å². The number of amidine groups is 1. The number of nitrogen functional groups attached to an aromatic ring is 1. The number of pyridine rings is 1. The third-order valence-electron chi connectivity index (χ3n) is 2.98. The molecule has 0 atom stereocenters. The van der Waals surface area contributed by atoms with Gasteiger partial charge in [-0.2, -0.15) is 0 Å². The van der Waals surface area contributed by atoms with Crippen LogP contribution in [0.3, 0.4) is 0 Å². The van der Waals surface area contributed by atoms with Crippen LogP contribution in [-0.2, 0) is 4.74 Å². The fourth-order valence-corrected chi connectivity index (χ4v) is 2.04. The van der Waals surface area contributed by atoms with E-state index in [0.717, 1.165) is 18.8 Å². The van der Waals surface area contributed by atoms with E-state index in [1.807, 2.05) is 6.07 Å². The second-order valence-electron chi connectivity index (χ2n) is 4.83. The maximum atomic E-state index is 7.31. The average Bonchev–Trinajstić information content (AvgIpc) is 2.28. The Labute approximate surface area is 101 Å². The van der Waals surface area contributed by atoms with Gasteiger partial charge in [-0.3, -0.25) is 10.4 Å². The minimum Gasteiger partial charge on any atom is -0.382 e. The Morgan fingerprint density at radius 3 is 2.82 bits per heavy atom. The van der Waals surface area contributed by atoms with Crippen LogP contribution in [0.1, 0.15) is 19.5 Å². The van der Waals surface area contributed by atoms with E-state index < -0.39 is 0 Å². The molecule has 0 unspecified atom stereocenters. The summed E-state index contributed by atoms with van der Waals surface area (Å²) >= 11 is 0. The van der Waals surface area contributed by atoms with Gasteiger partial charge in [-0.05, 0) is 26.0 Å². The minimum absolute atomic E-state index is 0.00205. The van der Waals surface area contributed by atoms with Gasteiger partial charge in [0, 0.05) is 6.54 Å². The van der Waals surface area contributed by atoms with Gasteiger partial charge in [-0.15, -0.1) is 0 Å². The predicted octanol–water partition coefficient (Wildman–Crippen LogP) is 0.981. The highest BCUT2D eigenvalue weighted by molar-refractivity contribution is 5.93. The number of morpholine rings is 1. The fourth-order valence-electron chi connectivity index (χ4n) is 2.04. The van der Waals surface area contributed by atoms with E-state index in [0.29, 0.717) is 12.3 Å². The summed E-state index contributed by atoms with van der Waals surface area (Å²) in [6.07, 6.45) is 1.77. The van der Waals surface area contributed by atoms with Crippen LogP contribution in [0.25, 0.3) is 0 Å². The number of ether oxygens (including phenoxy) is 1. The lowest BCUT2D eigenvalue weighted by Gasteiger charge is -2.43. The molecule has 17 heavy (non-hydrogen) atoms. The SMILES string of the molecule is CC1(C)COCCN1c1ccc(C(=N)N)nc1. The van der Waals surface area contributed by atoms with Gasteiger partial charge in [0.15, 0.2) is 0 Å². The van der Waals surface area contributed by atoms with E-state index in [2.05, 4.69) is 23.7 Å². The van der Waals surface area contributed by atoms with Crippen LogP contribution >= 0.6 is 0 Å². The second-order valence-corrected chi connectivity index (χ2v) is 4.83.